The van der Waals surface area contributed by atoms with Gasteiger partial charge in [-0.15, -0.1) is 10.2 Å². The SMILES string of the molecule is COc1cccc(C(=O)NCCCc2nnc(N)s2)c1. The van der Waals surface area contributed by atoms with Crippen LogP contribution in [0.1, 0.15) is 21.8 Å². The number of rotatable bonds is 6. The Morgan fingerprint density at radius 1 is 1.45 bits per heavy atom. The van der Waals surface area contributed by atoms with Gasteiger partial charge in [-0.05, 0) is 24.6 Å². The van der Waals surface area contributed by atoms with Gasteiger partial charge < -0.3 is 15.8 Å². The Morgan fingerprint density at radius 2 is 2.30 bits per heavy atom. The summed E-state index contributed by atoms with van der Waals surface area (Å²) in [4.78, 5) is 11.9. The second-order valence-corrected chi connectivity index (χ2v) is 5.22. The number of carbonyl (C=O) groups is 1. The largest absolute Gasteiger partial charge is 0.497 e. The third-order valence-electron chi connectivity index (χ3n) is 2.67. The molecule has 0 radical (unpaired) electrons. The number of nitrogens with two attached hydrogens (primary N) is 1. The van der Waals surface area contributed by atoms with Crippen molar-refractivity contribution in [2.75, 3.05) is 19.4 Å². The van der Waals surface area contributed by atoms with Gasteiger partial charge in [0.2, 0.25) is 5.13 Å². The molecule has 2 rings (SSSR count). The van der Waals surface area contributed by atoms with Gasteiger partial charge in [0.15, 0.2) is 0 Å². The first kappa shape index (κ1) is 14.3. The van der Waals surface area contributed by atoms with E-state index >= 15 is 0 Å². The van der Waals surface area contributed by atoms with E-state index in [4.69, 9.17) is 10.5 Å². The molecule has 3 N–H and O–H groups in total. The lowest BCUT2D eigenvalue weighted by atomic mass is 10.2. The maximum absolute atomic E-state index is 11.9. The standard InChI is InChI=1S/C13H16N4O2S/c1-19-10-5-2-4-9(8-10)12(18)15-7-3-6-11-16-17-13(14)20-11/h2,4-5,8H,3,6-7H2,1H3,(H2,14,17)(H,15,18). The first-order valence-electron chi connectivity index (χ1n) is 6.19. The summed E-state index contributed by atoms with van der Waals surface area (Å²) >= 11 is 1.37. The number of amides is 1. The number of benzene rings is 1. The molecule has 1 aromatic carbocycles. The van der Waals surface area contributed by atoms with Crippen LogP contribution in [0.25, 0.3) is 0 Å². The zero-order chi connectivity index (χ0) is 14.4. The molecule has 1 aromatic heterocycles. The third-order valence-corrected chi connectivity index (χ3v) is 3.48. The molecule has 0 unspecified atom stereocenters. The molecule has 20 heavy (non-hydrogen) atoms. The van der Waals surface area contributed by atoms with E-state index in [1.807, 2.05) is 0 Å². The van der Waals surface area contributed by atoms with Crippen molar-refractivity contribution in [2.24, 2.45) is 0 Å². The van der Waals surface area contributed by atoms with Gasteiger partial charge >= 0.3 is 0 Å². The van der Waals surface area contributed by atoms with Crippen LogP contribution in [0.15, 0.2) is 24.3 Å². The number of nitrogen functional groups attached to an aromatic ring is 1. The van der Waals surface area contributed by atoms with Gasteiger partial charge in [0.25, 0.3) is 5.91 Å². The van der Waals surface area contributed by atoms with Crippen LogP contribution in [0.2, 0.25) is 0 Å². The highest BCUT2D eigenvalue weighted by molar-refractivity contribution is 7.15. The summed E-state index contributed by atoms with van der Waals surface area (Å²) in [7, 11) is 1.57. The zero-order valence-corrected chi connectivity index (χ0v) is 11.9. The van der Waals surface area contributed by atoms with Crippen LogP contribution >= 0.6 is 11.3 Å². The van der Waals surface area contributed by atoms with Crippen LogP contribution in [-0.4, -0.2) is 29.8 Å². The summed E-state index contributed by atoms with van der Waals surface area (Å²) in [5.74, 6) is 0.558. The number of nitrogens with zero attached hydrogens (tertiary/aromatic N) is 2. The fourth-order valence-corrected chi connectivity index (χ4v) is 2.33. The van der Waals surface area contributed by atoms with E-state index in [9.17, 15) is 4.79 Å². The van der Waals surface area contributed by atoms with Crippen LogP contribution in [-0.2, 0) is 6.42 Å². The molecule has 0 spiro atoms. The highest BCUT2D eigenvalue weighted by Gasteiger charge is 2.06. The maximum atomic E-state index is 11.9. The number of aryl methyl sites for hydroxylation is 1. The molecule has 0 atom stereocenters. The summed E-state index contributed by atoms with van der Waals surface area (Å²) in [6, 6.07) is 7.05. The van der Waals surface area contributed by atoms with E-state index in [2.05, 4.69) is 15.5 Å². The van der Waals surface area contributed by atoms with Gasteiger partial charge in [0, 0.05) is 18.5 Å². The van der Waals surface area contributed by atoms with Crippen molar-refractivity contribution in [3.8, 4) is 5.75 Å². The number of nitrogens with one attached hydrogen (secondary N) is 1. The molecule has 0 saturated heterocycles. The summed E-state index contributed by atoms with van der Waals surface area (Å²) in [5, 5.41) is 11.9. The van der Waals surface area contributed by atoms with Crippen molar-refractivity contribution in [1.82, 2.24) is 15.5 Å². The number of methoxy groups -OCH3 is 1. The van der Waals surface area contributed by atoms with Crippen LogP contribution in [0, 0.1) is 0 Å². The third kappa shape index (κ3) is 3.92. The van der Waals surface area contributed by atoms with Crippen molar-refractivity contribution in [3.63, 3.8) is 0 Å². The molecule has 0 fully saturated rings. The summed E-state index contributed by atoms with van der Waals surface area (Å²) in [5.41, 5.74) is 6.09. The van der Waals surface area contributed by atoms with Crippen LogP contribution in [0.4, 0.5) is 5.13 Å². The minimum Gasteiger partial charge on any atom is -0.497 e. The molecule has 1 amide bonds. The fourth-order valence-electron chi connectivity index (χ4n) is 1.68. The fraction of sp³-hybridized carbons (Fsp3) is 0.308. The van der Waals surface area contributed by atoms with E-state index in [0.29, 0.717) is 23.0 Å². The summed E-state index contributed by atoms with van der Waals surface area (Å²) in [6.45, 7) is 0.579. The number of carbonyl (C=O) groups excluding carboxylic acids is 1. The second kappa shape index (κ2) is 6.85. The number of aromatic nitrogens is 2. The molecule has 0 saturated carbocycles. The first-order valence-corrected chi connectivity index (χ1v) is 7.01. The van der Waals surface area contributed by atoms with Crippen molar-refractivity contribution in [2.45, 2.75) is 12.8 Å². The molecule has 2 aromatic rings. The van der Waals surface area contributed by atoms with E-state index in [-0.39, 0.29) is 5.91 Å². The molecular formula is C13H16N4O2S. The number of hydrogen-bond donors (Lipinski definition) is 2. The van der Waals surface area contributed by atoms with Gasteiger partial charge in [-0.25, -0.2) is 0 Å². The molecule has 1 heterocycles. The maximum Gasteiger partial charge on any atom is 0.251 e. The minimum absolute atomic E-state index is 0.110. The Labute approximate surface area is 121 Å². The highest BCUT2D eigenvalue weighted by Crippen LogP contribution is 2.13. The monoisotopic (exact) mass is 292 g/mol. The molecule has 0 aliphatic heterocycles. The van der Waals surface area contributed by atoms with Crippen molar-refractivity contribution < 1.29 is 9.53 Å². The molecule has 0 aliphatic rings. The Balaban J connectivity index is 1.77. The Bertz CT molecular complexity index is 585. The molecule has 6 nitrogen and oxygen atoms in total. The lowest BCUT2D eigenvalue weighted by Gasteiger charge is -2.06. The van der Waals surface area contributed by atoms with E-state index in [1.165, 1.54) is 11.3 Å². The topological polar surface area (TPSA) is 90.1 Å². The lowest BCUT2D eigenvalue weighted by Crippen LogP contribution is -2.24. The second-order valence-electron chi connectivity index (χ2n) is 4.13. The first-order chi connectivity index (χ1) is 9.69. The number of ether oxygens (including phenoxy) is 1. The summed E-state index contributed by atoms with van der Waals surface area (Å²) < 4.78 is 5.09. The van der Waals surface area contributed by atoms with Crippen molar-refractivity contribution in [3.05, 3.63) is 34.8 Å². The normalized spacial score (nSPS) is 10.2. The molecule has 7 heteroatoms. The molecule has 106 valence electrons. The lowest BCUT2D eigenvalue weighted by molar-refractivity contribution is 0.0953. The Hall–Kier alpha value is -2.15. The predicted molar refractivity (Wildman–Crippen MR) is 78.0 cm³/mol. The van der Waals surface area contributed by atoms with Crippen molar-refractivity contribution in [1.29, 1.82) is 0 Å². The van der Waals surface area contributed by atoms with Crippen LogP contribution in [0.5, 0.6) is 5.75 Å². The Morgan fingerprint density at radius 3 is 3.00 bits per heavy atom. The summed E-state index contributed by atoms with van der Waals surface area (Å²) in [6.07, 6.45) is 1.55. The number of hydrogen-bond acceptors (Lipinski definition) is 6. The van der Waals surface area contributed by atoms with Gasteiger partial charge in [0.1, 0.15) is 10.8 Å². The Kier molecular flexibility index (Phi) is 4.89. The average Bonchev–Trinajstić information content (AvgIpc) is 2.89. The number of anilines is 1. The smallest absolute Gasteiger partial charge is 0.251 e. The minimum atomic E-state index is -0.110. The molecule has 0 aliphatic carbocycles. The molecular weight excluding hydrogens is 276 g/mol. The molecule has 0 bridgehead atoms. The van der Waals surface area contributed by atoms with Gasteiger partial charge in [-0.1, -0.05) is 17.4 Å². The quantitative estimate of drug-likeness (QED) is 0.787. The van der Waals surface area contributed by atoms with Gasteiger partial charge in [0.05, 0.1) is 7.11 Å². The van der Waals surface area contributed by atoms with Crippen LogP contribution in [0.3, 0.4) is 0 Å². The van der Waals surface area contributed by atoms with E-state index < -0.39 is 0 Å². The van der Waals surface area contributed by atoms with E-state index in [0.717, 1.165) is 17.8 Å². The zero-order valence-electron chi connectivity index (χ0n) is 11.1. The van der Waals surface area contributed by atoms with Crippen LogP contribution < -0.4 is 15.8 Å². The predicted octanol–water partition coefficient (Wildman–Crippen LogP) is 1.49. The van der Waals surface area contributed by atoms with Crippen molar-refractivity contribution >= 4 is 22.4 Å². The average molecular weight is 292 g/mol. The van der Waals surface area contributed by atoms with Gasteiger partial charge in [-0.3, -0.25) is 4.79 Å². The van der Waals surface area contributed by atoms with E-state index in [1.54, 1.807) is 31.4 Å². The van der Waals surface area contributed by atoms with Gasteiger partial charge in [-0.2, -0.15) is 0 Å². The highest BCUT2D eigenvalue weighted by atomic mass is 32.1.